The topological polar surface area (TPSA) is 40.8 Å². The minimum atomic E-state index is 0.686. The zero-order chi connectivity index (χ0) is 25.8. The van der Waals surface area contributed by atoms with Gasteiger partial charge in [-0.2, -0.15) is 5.26 Å². The molecule has 2 aliphatic carbocycles. The van der Waals surface area contributed by atoms with Crippen LogP contribution >= 0.6 is 0 Å². The molecule has 1 saturated carbocycles. The van der Waals surface area contributed by atoms with E-state index in [-0.39, 0.29) is 0 Å². The van der Waals surface area contributed by atoms with Gasteiger partial charge in [0.15, 0.2) is 6.20 Å². The van der Waals surface area contributed by atoms with Gasteiger partial charge in [0.2, 0.25) is 5.69 Å². The highest BCUT2D eigenvalue weighted by Crippen LogP contribution is 2.45. The third kappa shape index (κ3) is 3.58. The van der Waals surface area contributed by atoms with Gasteiger partial charge in [0.25, 0.3) is 0 Å². The summed E-state index contributed by atoms with van der Waals surface area (Å²) in [5.74, 6) is 1.69. The molecule has 0 amide bonds. The van der Waals surface area contributed by atoms with E-state index < -0.39 is 0 Å². The zero-order valence-electron chi connectivity index (χ0n) is 22.3. The summed E-state index contributed by atoms with van der Waals surface area (Å²) >= 11 is 0. The highest BCUT2D eigenvalue weighted by molar-refractivity contribution is 6.14. The first-order valence-corrected chi connectivity index (χ1v) is 14.1. The molecule has 0 bridgehead atoms. The largest absolute Gasteiger partial charge is 0.454 e. The fourth-order valence-electron chi connectivity index (χ4n) is 7.36. The molecule has 3 nitrogen and oxygen atoms in total. The summed E-state index contributed by atoms with van der Waals surface area (Å²) in [5, 5.41) is 12.4. The Morgan fingerprint density at radius 2 is 1.63 bits per heavy atom. The van der Waals surface area contributed by atoms with E-state index in [1.807, 2.05) is 12.1 Å². The van der Waals surface area contributed by atoms with Crippen molar-refractivity contribution < 1.29 is 8.98 Å². The number of rotatable bonds is 3. The van der Waals surface area contributed by atoms with Gasteiger partial charge in [0.1, 0.15) is 18.2 Å². The van der Waals surface area contributed by atoms with Gasteiger partial charge in [-0.3, -0.25) is 0 Å². The third-order valence-electron chi connectivity index (χ3n) is 9.31. The molecule has 3 heteroatoms. The lowest BCUT2D eigenvalue weighted by Crippen LogP contribution is -2.30. The van der Waals surface area contributed by atoms with Gasteiger partial charge in [-0.15, -0.1) is 0 Å². The van der Waals surface area contributed by atoms with Crippen LogP contribution in [-0.2, 0) is 19.9 Å². The lowest BCUT2D eigenvalue weighted by Gasteiger charge is -2.30. The summed E-state index contributed by atoms with van der Waals surface area (Å²) in [7, 11) is 2.07. The summed E-state index contributed by atoms with van der Waals surface area (Å²) in [6, 6.07) is 23.9. The van der Waals surface area contributed by atoms with E-state index in [1.165, 1.54) is 60.8 Å². The van der Waals surface area contributed by atoms with Gasteiger partial charge < -0.3 is 4.42 Å². The zero-order valence-corrected chi connectivity index (χ0v) is 22.3. The van der Waals surface area contributed by atoms with Gasteiger partial charge >= 0.3 is 0 Å². The monoisotopic (exact) mass is 497 g/mol. The predicted molar refractivity (Wildman–Crippen MR) is 153 cm³/mol. The van der Waals surface area contributed by atoms with Gasteiger partial charge in [-0.25, -0.2) is 4.57 Å². The molecule has 2 aromatic heterocycles. The molecule has 0 N–H and O–H groups in total. The highest BCUT2D eigenvalue weighted by Gasteiger charge is 2.30. The second kappa shape index (κ2) is 9.14. The molecular weight excluding hydrogens is 464 g/mol. The maximum atomic E-state index is 10.2. The van der Waals surface area contributed by atoms with Gasteiger partial charge in [-0.05, 0) is 78.5 Å². The Labute approximate surface area is 224 Å². The molecule has 1 atom stereocenters. The standard InChI is InChI=1S/C35H33N2O/c1-22-13-16-29-30-18-15-26(21-36)33(35(30)38-34(29)32(22)31-12-5-6-19-37(31)2)28-11-7-10-25-20-24(14-17-27(25)28)23-8-3-4-9-23/h5-7,10-13,15-16,18-19,23-24H,3-4,8-9,14,17,20H2,1-2H3/q+1. The van der Waals surface area contributed by atoms with E-state index in [9.17, 15) is 5.26 Å². The molecule has 0 aliphatic heterocycles. The quantitative estimate of drug-likeness (QED) is 0.236. The number of fused-ring (bicyclic) bond motifs is 4. The van der Waals surface area contributed by atoms with Crippen molar-refractivity contribution in [3.63, 3.8) is 0 Å². The number of furan rings is 1. The van der Waals surface area contributed by atoms with E-state index in [4.69, 9.17) is 4.42 Å². The lowest BCUT2D eigenvalue weighted by molar-refractivity contribution is -0.660. The van der Waals surface area contributed by atoms with Crippen molar-refractivity contribution in [3.05, 3.63) is 89.1 Å². The van der Waals surface area contributed by atoms with Crippen molar-refractivity contribution in [2.24, 2.45) is 18.9 Å². The summed E-state index contributed by atoms with van der Waals surface area (Å²) in [6.07, 6.45) is 11.2. The average Bonchev–Trinajstić information content (AvgIpc) is 3.61. The molecule has 2 aliphatic rings. The molecular formula is C35H33N2O+. The Bertz CT molecular complexity index is 1750. The smallest absolute Gasteiger partial charge is 0.216 e. The van der Waals surface area contributed by atoms with Crippen LogP contribution in [-0.4, -0.2) is 0 Å². The number of pyridine rings is 1. The van der Waals surface area contributed by atoms with Crippen molar-refractivity contribution in [2.45, 2.75) is 51.9 Å². The summed E-state index contributed by atoms with van der Waals surface area (Å²) < 4.78 is 8.97. The van der Waals surface area contributed by atoms with Crippen LogP contribution in [0, 0.1) is 30.1 Å². The molecule has 2 heterocycles. The molecule has 0 spiro atoms. The molecule has 188 valence electrons. The Morgan fingerprint density at radius 1 is 0.842 bits per heavy atom. The van der Waals surface area contributed by atoms with E-state index in [0.29, 0.717) is 5.56 Å². The number of hydrogen-bond donors (Lipinski definition) is 0. The maximum Gasteiger partial charge on any atom is 0.216 e. The maximum absolute atomic E-state index is 10.2. The minimum absolute atomic E-state index is 0.686. The molecule has 3 aromatic carbocycles. The van der Waals surface area contributed by atoms with Gasteiger partial charge in [0.05, 0.1) is 17.2 Å². The Balaban J connectivity index is 1.45. The van der Waals surface area contributed by atoms with Gasteiger partial charge in [0, 0.05) is 28.5 Å². The number of aromatic nitrogens is 1. The summed E-state index contributed by atoms with van der Waals surface area (Å²) in [5.41, 5.74) is 10.8. The average molecular weight is 498 g/mol. The first-order chi connectivity index (χ1) is 18.6. The van der Waals surface area contributed by atoms with Crippen LogP contribution in [0.1, 0.15) is 54.4 Å². The van der Waals surface area contributed by atoms with Crippen LogP contribution < -0.4 is 4.57 Å². The van der Waals surface area contributed by atoms with Crippen LogP contribution in [0.15, 0.2) is 71.3 Å². The van der Waals surface area contributed by atoms with E-state index >= 15 is 0 Å². The summed E-state index contributed by atoms with van der Waals surface area (Å²) in [4.78, 5) is 0. The molecule has 38 heavy (non-hydrogen) atoms. The molecule has 0 saturated heterocycles. The fourth-order valence-corrected chi connectivity index (χ4v) is 7.36. The van der Waals surface area contributed by atoms with Crippen molar-refractivity contribution in [2.75, 3.05) is 0 Å². The molecule has 5 aromatic rings. The van der Waals surface area contributed by atoms with Crippen molar-refractivity contribution in [3.8, 4) is 28.5 Å². The van der Waals surface area contributed by atoms with Crippen molar-refractivity contribution >= 4 is 21.9 Å². The van der Waals surface area contributed by atoms with Crippen LogP contribution in [0.25, 0.3) is 44.3 Å². The summed E-state index contributed by atoms with van der Waals surface area (Å²) in [6.45, 7) is 2.14. The van der Waals surface area contributed by atoms with E-state index in [0.717, 1.165) is 57.0 Å². The lowest BCUT2D eigenvalue weighted by atomic mass is 9.74. The SMILES string of the molecule is Cc1ccc2c(oc3c(-c4cccc5c4CCC(C4CCCC4)C5)c(C#N)ccc32)c1-c1cccc[n+]1C. The van der Waals surface area contributed by atoms with Crippen LogP contribution in [0.5, 0.6) is 0 Å². The van der Waals surface area contributed by atoms with Crippen LogP contribution in [0.4, 0.5) is 0 Å². The van der Waals surface area contributed by atoms with Crippen molar-refractivity contribution in [1.29, 1.82) is 5.26 Å². The Kier molecular flexibility index (Phi) is 5.59. The molecule has 1 fully saturated rings. The number of nitriles is 1. The highest BCUT2D eigenvalue weighted by atomic mass is 16.3. The van der Waals surface area contributed by atoms with Crippen molar-refractivity contribution in [1.82, 2.24) is 0 Å². The number of aryl methyl sites for hydroxylation is 2. The molecule has 7 rings (SSSR count). The third-order valence-corrected chi connectivity index (χ3v) is 9.31. The molecule has 1 unspecified atom stereocenters. The Morgan fingerprint density at radius 3 is 2.42 bits per heavy atom. The fraction of sp³-hybridized carbons (Fsp3) is 0.314. The first-order valence-electron chi connectivity index (χ1n) is 14.1. The first kappa shape index (κ1) is 23.2. The number of hydrogen-bond acceptors (Lipinski definition) is 2. The van der Waals surface area contributed by atoms with E-state index in [2.05, 4.69) is 79.3 Å². The predicted octanol–water partition coefficient (Wildman–Crippen LogP) is 8.22. The second-order valence-electron chi connectivity index (χ2n) is 11.4. The number of nitrogens with zero attached hydrogens (tertiary/aromatic N) is 2. The minimum Gasteiger partial charge on any atom is -0.454 e. The van der Waals surface area contributed by atoms with Crippen LogP contribution in [0.3, 0.4) is 0 Å². The Hall–Kier alpha value is -3.90. The normalized spacial score (nSPS) is 17.7. The van der Waals surface area contributed by atoms with E-state index in [1.54, 1.807) is 0 Å². The number of benzene rings is 3. The van der Waals surface area contributed by atoms with Crippen LogP contribution in [0.2, 0.25) is 0 Å². The molecule has 0 radical (unpaired) electrons. The second-order valence-corrected chi connectivity index (χ2v) is 11.4. The van der Waals surface area contributed by atoms with Gasteiger partial charge in [-0.1, -0.05) is 56.0 Å².